The third-order valence-electron chi connectivity index (χ3n) is 4.71. The first-order valence-electron chi connectivity index (χ1n) is 8.12. The lowest BCUT2D eigenvalue weighted by molar-refractivity contribution is 0.00732. The number of fused-ring (bicyclic) bond motifs is 1. The van der Waals surface area contributed by atoms with Crippen LogP contribution in [0.15, 0.2) is 36.4 Å². The van der Waals surface area contributed by atoms with Crippen molar-refractivity contribution in [2.24, 2.45) is 0 Å². The summed E-state index contributed by atoms with van der Waals surface area (Å²) >= 11 is 0. The van der Waals surface area contributed by atoms with Gasteiger partial charge < -0.3 is 14.6 Å². The van der Waals surface area contributed by atoms with E-state index in [1.165, 1.54) is 5.56 Å². The standard InChI is InChI=1S/C20H24O3/c1-14-15(2)19-17(9-10-20(3,13-21)23-19)11-18(14)22-12-16-7-5-4-6-8-16/h4-8,11,21H,9-10,12-13H2,1-3H3/t20-/m0/s1. The zero-order valence-corrected chi connectivity index (χ0v) is 14.1. The van der Waals surface area contributed by atoms with Crippen LogP contribution in [0, 0.1) is 13.8 Å². The van der Waals surface area contributed by atoms with Gasteiger partial charge in [-0.1, -0.05) is 30.3 Å². The number of aliphatic hydroxyl groups is 1. The van der Waals surface area contributed by atoms with Gasteiger partial charge in [0.2, 0.25) is 0 Å². The molecule has 0 unspecified atom stereocenters. The Labute approximate surface area is 137 Å². The summed E-state index contributed by atoms with van der Waals surface area (Å²) in [6, 6.07) is 12.3. The zero-order chi connectivity index (χ0) is 16.4. The molecule has 1 aliphatic heterocycles. The Morgan fingerprint density at radius 2 is 1.91 bits per heavy atom. The molecule has 0 spiro atoms. The Bertz CT molecular complexity index is 694. The van der Waals surface area contributed by atoms with Gasteiger partial charge in [-0.3, -0.25) is 0 Å². The third-order valence-corrected chi connectivity index (χ3v) is 4.71. The van der Waals surface area contributed by atoms with Crippen LogP contribution in [0.1, 0.15) is 35.6 Å². The van der Waals surface area contributed by atoms with Crippen molar-refractivity contribution in [2.75, 3.05) is 6.61 Å². The normalized spacial score (nSPS) is 19.8. The van der Waals surface area contributed by atoms with E-state index in [0.717, 1.165) is 41.0 Å². The van der Waals surface area contributed by atoms with Crippen LogP contribution in [0.25, 0.3) is 0 Å². The number of hydrogen-bond acceptors (Lipinski definition) is 3. The SMILES string of the molecule is Cc1c(OCc2ccccc2)cc2c(c1C)O[C@](C)(CO)CC2. The van der Waals surface area contributed by atoms with E-state index in [1.807, 2.05) is 25.1 Å². The van der Waals surface area contributed by atoms with E-state index in [1.54, 1.807) is 0 Å². The third kappa shape index (κ3) is 3.20. The van der Waals surface area contributed by atoms with E-state index >= 15 is 0 Å². The second kappa shape index (κ2) is 6.25. The lowest BCUT2D eigenvalue weighted by Crippen LogP contribution is -2.40. The lowest BCUT2D eigenvalue weighted by atomic mass is 9.90. The highest BCUT2D eigenvalue weighted by atomic mass is 16.5. The van der Waals surface area contributed by atoms with Gasteiger partial charge in [-0.25, -0.2) is 0 Å². The second-order valence-electron chi connectivity index (χ2n) is 6.60. The Kier molecular flexibility index (Phi) is 4.31. The van der Waals surface area contributed by atoms with Gasteiger partial charge in [0, 0.05) is 0 Å². The summed E-state index contributed by atoms with van der Waals surface area (Å²) in [6.07, 6.45) is 1.71. The molecular formula is C20H24O3. The van der Waals surface area contributed by atoms with Crippen molar-refractivity contribution in [3.8, 4) is 11.5 Å². The van der Waals surface area contributed by atoms with E-state index < -0.39 is 5.60 Å². The van der Waals surface area contributed by atoms with Crippen molar-refractivity contribution < 1.29 is 14.6 Å². The Balaban J connectivity index is 1.85. The summed E-state index contributed by atoms with van der Waals surface area (Å²) in [5, 5.41) is 9.55. The second-order valence-corrected chi connectivity index (χ2v) is 6.60. The quantitative estimate of drug-likeness (QED) is 0.929. The van der Waals surface area contributed by atoms with Crippen molar-refractivity contribution in [1.82, 2.24) is 0 Å². The van der Waals surface area contributed by atoms with E-state index in [2.05, 4.69) is 32.0 Å². The van der Waals surface area contributed by atoms with E-state index in [4.69, 9.17) is 9.47 Å². The van der Waals surface area contributed by atoms with Gasteiger partial charge >= 0.3 is 0 Å². The van der Waals surface area contributed by atoms with Crippen molar-refractivity contribution >= 4 is 0 Å². The first-order chi connectivity index (χ1) is 11.0. The average molecular weight is 312 g/mol. The molecule has 3 nitrogen and oxygen atoms in total. The van der Waals surface area contributed by atoms with Crippen molar-refractivity contribution in [3.05, 3.63) is 58.7 Å². The maximum absolute atomic E-state index is 9.55. The summed E-state index contributed by atoms with van der Waals surface area (Å²) < 4.78 is 12.1. The molecule has 0 bridgehead atoms. The van der Waals surface area contributed by atoms with Crippen molar-refractivity contribution in [3.63, 3.8) is 0 Å². The minimum atomic E-state index is -0.476. The molecule has 0 radical (unpaired) electrons. The molecule has 0 aliphatic carbocycles. The fourth-order valence-electron chi connectivity index (χ4n) is 2.95. The topological polar surface area (TPSA) is 38.7 Å². The molecule has 2 aromatic rings. The van der Waals surface area contributed by atoms with E-state index in [-0.39, 0.29) is 6.61 Å². The van der Waals surface area contributed by atoms with Crippen molar-refractivity contribution in [2.45, 2.75) is 45.8 Å². The van der Waals surface area contributed by atoms with Gasteiger partial charge in [-0.15, -0.1) is 0 Å². The molecule has 0 amide bonds. The van der Waals surface area contributed by atoms with Gasteiger partial charge in [0.1, 0.15) is 23.7 Å². The molecule has 0 fully saturated rings. The van der Waals surface area contributed by atoms with Crippen molar-refractivity contribution in [1.29, 1.82) is 0 Å². The molecule has 1 aliphatic rings. The number of rotatable bonds is 4. The Morgan fingerprint density at radius 3 is 2.61 bits per heavy atom. The summed E-state index contributed by atoms with van der Waals surface area (Å²) in [6.45, 7) is 6.69. The van der Waals surface area contributed by atoms with Crippen LogP contribution in [0.2, 0.25) is 0 Å². The van der Waals surface area contributed by atoms with E-state index in [9.17, 15) is 5.11 Å². The fourth-order valence-corrected chi connectivity index (χ4v) is 2.95. The molecule has 0 aromatic heterocycles. The number of aliphatic hydroxyl groups excluding tert-OH is 1. The molecular weight excluding hydrogens is 288 g/mol. The van der Waals surface area contributed by atoms with Gasteiger partial charge in [0.05, 0.1) is 6.61 Å². The summed E-state index contributed by atoms with van der Waals surface area (Å²) in [5.74, 6) is 1.83. The molecule has 23 heavy (non-hydrogen) atoms. The van der Waals surface area contributed by atoms with Gasteiger partial charge in [0.15, 0.2) is 0 Å². The minimum absolute atomic E-state index is 0.0389. The predicted molar refractivity (Wildman–Crippen MR) is 91.1 cm³/mol. The van der Waals surface area contributed by atoms with Crippen LogP contribution in [0.4, 0.5) is 0 Å². The molecule has 3 rings (SSSR count). The monoisotopic (exact) mass is 312 g/mol. The molecule has 1 N–H and O–H groups in total. The molecule has 0 saturated carbocycles. The number of ether oxygens (including phenoxy) is 2. The smallest absolute Gasteiger partial charge is 0.129 e. The molecule has 122 valence electrons. The molecule has 1 atom stereocenters. The van der Waals surface area contributed by atoms with Crippen LogP contribution in [0.5, 0.6) is 11.5 Å². The zero-order valence-electron chi connectivity index (χ0n) is 14.1. The highest BCUT2D eigenvalue weighted by Crippen LogP contribution is 2.40. The maximum atomic E-state index is 9.55. The van der Waals surface area contributed by atoms with Crippen LogP contribution in [-0.4, -0.2) is 17.3 Å². The Hall–Kier alpha value is -2.00. The molecule has 0 saturated heterocycles. The number of benzene rings is 2. The Morgan fingerprint density at radius 1 is 1.17 bits per heavy atom. The average Bonchev–Trinajstić information content (AvgIpc) is 2.58. The van der Waals surface area contributed by atoms with Gasteiger partial charge in [-0.2, -0.15) is 0 Å². The molecule has 2 aromatic carbocycles. The molecule has 3 heteroatoms. The number of hydrogen-bond donors (Lipinski definition) is 1. The van der Waals surface area contributed by atoms with Crippen LogP contribution >= 0.6 is 0 Å². The van der Waals surface area contributed by atoms with Crippen LogP contribution in [0.3, 0.4) is 0 Å². The first kappa shape index (κ1) is 15.9. The highest BCUT2D eigenvalue weighted by Gasteiger charge is 2.32. The maximum Gasteiger partial charge on any atom is 0.129 e. The van der Waals surface area contributed by atoms with Gasteiger partial charge in [0.25, 0.3) is 0 Å². The largest absolute Gasteiger partial charge is 0.489 e. The predicted octanol–water partition coefficient (Wildman–Crippen LogP) is 3.96. The number of aryl methyl sites for hydroxylation is 1. The summed E-state index contributed by atoms with van der Waals surface area (Å²) in [7, 11) is 0. The highest BCUT2D eigenvalue weighted by molar-refractivity contribution is 5.53. The first-order valence-corrected chi connectivity index (χ1v) is 8.12. The van der Waals surface area contributed by atoms with Crippen LogP contribution in [-0.2, 0) is 13.0 Å². The molecule has 1 heterocycles. The summed E-state index contributed by atoms with van der Waals surface area (Å²) in [5.41, 5.74) is 4.05. The summed E-state index contributed by atoms with van der Waals surface area (Å²) in [4.78, 5) is 0. The van der Waals surface area contributed by atoms with Crippen LogP contribution < -0.4 is 9.47 Å². The fraction of sp³-hybridized carbons (Fsp3) is 0.400. The lowest BCUT2D eigenvalue weighted by Gasteiger charge is -2.36. The minimum Gasteiger partial charge on any atom is -0.489 e. The van der Waals surface area contributed by atoms with Gasteiger partial charge in [-0.05, 0) is 61.9 Å². The van der Waals surface area contributed by atoms with E-state index in [0.29, 0.717) is 6.61 Å².